The summed E-state index contributed by atoms with van der Waals surface area (Å²) in [5.74, 6) is 0.723. The predicted octanol–water partition coefficient (Wildman–Crippen LogP) is 4.71. The molecule has 0 aliphatic carbocycles. The minimum atomic E-state index is -0.151. The van der Waals surface area contributed by atoms with Gasteiger partial charge in [0.15, 0.2) is 0 Å². The van der Waals surface area contributed by atoms with Gasteiger partial charge in [-0.25, -0.2) is 9.97 Å². The molecule has 1 aromatic heterocycles. The Hall–Kier alpha value is -3.21. The van der Waals surface area contributed by atoms with Crippen molar-refractivity contribution in [3.05, 3.63) is 83.7 Å². The van der Waals surface area contributed by atoms with Crippen molar-refractivity contribution in [2.24, 2.45) is 0 Å². The Morgan fingerprint density at radius 2 is 1.64 bits per heavy atom. The number of hydrogen-bond donors (Lipinski definition) is 2. The quantitative estimate of drug-likeness (QED) is 0.561. The van der Waals surface area contributed by atoms with Crippen molar-refractivity contribution >= 4 is 17.5 Å². The van der Waals surface area contributed by atoms with E-state index in [4.69, 9.17) is 0 Å². The van der Waals surface area contributed by atoms with Gasteiger partial charge in [0.25, 0.3) is 5.91 Å². The molecule has 144 valence electrons. The second-order valence-electron chi connectivity index (χ2n) is 7.01. The van der Waals surface area contributed by atoms with E-state index in [-0.39, 0.29) is 5.91 Å². The van der Waals surface area contributed by atoms with Crippen LogP contribution in [0, 0.1) is 0 Å². The van der Waals surface area contributed by atoms with E-state index >= 15 is 0 Å². The third kappa shape index (κ3) is 5.39. The predicted molar refractivity (Wildman–Crippen MR) is 113 cm³/mol. The van der Waals surface area contributed by atoms with Gasteiger partial charge in [0.2, 0.25) is 5.95 Å². The topological polar surface area (TPSA) is 66.9 Å². The molecule has 2 aromatic carbocycles. The Labute approximate surface area is 166 Å². The molecule has 5 heteroatoms. The molecule has 0 aliphatic rings. The average molecular weight is 374 g/mol. The number of benzene rings is 2. The zero-order chi connectivity index (χ0) is 19.8. The number of carbonyl (C=O) groups excluding carboxylic acids is 1. The molecule has 0 saturated heterocycles. The van der Waals surface area contributed by atoms with Crippen LogP contribution in [0.2, 0.25) is 0 Å². The molecule has 0 bridgehead atoms. The Morgan fingerprint density at radius 1 is 0.964 bits per heavy atom. The summed E-state index contributed by atoms with van der Waals surface area (Å²) in [6.45, 7) is 4.91. The number of aryl methyl sites for hydroxylation is 1. The summed E-state index contributed by atoms with van der Waals surface area (Å²) >= 11 is 0. The Bertz CT molecular complexity index is 892. The number of aromatic nitrogens is 2. The fourth-order valence-electron chi connectivity index (χ4n) is 2.99. The molecule has 0 aliphatic heterocycles. The molecule has 3 rings (SSSR count). The van der Waals surface area contributed by atoms with Gasteiger partial charge in [-0.15, -0.1) is 0 Å². The number of nitrogens with one attached hydrogen (secondary N) is 2. The fraction of sp³-hybridized carbons (Fsp3) is 0.261. The van der Waals surface area contributed by atoms with Crippen LogP contribution in [0.4, 0.5) is 11.6 Å². The molecule has 1 amide bonds. The number of nitrogens with zero attached hydrogens (tertiary/aromatic N) is 2. The highest BCUT2D eigenvalue weighted by atomic mass is 16.1. The molecule has 0 spiro atoms. The van der Waals surface area contributed by atoms with E-state index in [0.717, 1.165) is 18.5 Å². The second-order valence-corrected chi connectivity index (χ2v) is 7.01. The van der Waals surface area contributed by atoms with Crippen molar-refractivity contribution in [1.82, 2.24) is 15.3 Å². The number of carbonyl (C=O) groups is 1. The summed E-state index contributed by atoms with van der Waals surface area (Å²) in [6, 6.07) is 18.3. The van der Waals surface area contributed by atoms with E-state index in [0.29, 0.717) is 24.0 Å². The van der Waals surface area contributed by atoms with Gasteiger partial charge in [0.05, 0.1) is 5.56 Å². The maximum Gasteiger partial charge on any atom is 0.254 e. The summed E-state index contributed by atoms with van der Waals surface area (Å²) in [5.41, 5.74) is 3.92. The Kier molecular flexibility index (Phi) is 6.73. The first-order valence-corrected chi connectivity index (χ1v) is 9.63. The van der Waals surface area contributed by atoms with Crippen LogP contribution >= 0.6 is 0 Å². The molecule has 3 aromatic rings. The minimum absolute atomic E-state index is 0.151. The smallest absolute Gasteiger partial charge is 0.254 e. The summed E-state index contributed by atoms with van der Waals surface area (Å²) in [4.78, 5) is 20.8. The van der Waals surface area contributed by atoms with Crippen molar-refractivity contribution < 1.29 is 4.79 Å². The van der Waals surface area contributed by atoms with Crippen LogP contribution in [-0.4, -0.2) is 22.4 Å². The lowest BCUT2D eigenvalue weighted by molar-refractivity contribution is 0.0952. The van der Waals surface area contributed by atoms with Crippen LogP contribution in [0.1, 0.15) is 47.7 Å². The highest BCUT2D eigenvalue weighted by molar-refractivity contribution is 5.93. The van der Waals surface area contributed by atoms with Crippen molar-refractivity contribution in [2.75, 3.05) is 11.9 Å². The molecular weight excluding hydrogens is 348 g/mol. The van der Waals surface area contributed by atoms with Gasteiger partial charge in [-0.3, -0.25) is 4.79 Å². The van der Waals surface area contributed by atoms with Gasteiger partial charge in [0, 0.05) is 24.6 Å². The average Bonchev–Trinajstić information content (AvgIpc) is 2.72. The molecule has 2 N–H and O–H groups in total. The van der Waals surface area contributed by atoms with Gasteiger partial charge in [-0.2, -0.15) is 0 Å². The van der Waals surface area contributed by atoms with Crippen molar-refractivity contribution in [3.63, 3.8) is 0 Å². The lowest BCUT2D eigenvalue weighted by Crippen LogP contribution is -2.25. The number of anilines is 2. The minimum Gasteiger partial charge on any atom is -0.352 e. The highest BCUT2D eigenvalue weighted by Crippen LogP contribution is 2.25. The van der Waals surface area contributed by atoms with Crippen molar-refractivity contribution in [2.45, 2.75) is 32.6 Å². The van der Waals surface area contributed by atoms with Crippen LogP contribution in [-0.2, 0) is 6.42 Å². The zero-order valence-electron chi connectivity index (χ0n) is 16.4. The summed E-state index contributed by atoms with van der Waals surface area (Å²) < 4.78 is 0. The molecule has 0 radical (unpaired) electrons. The van der Waals surface area contributed by atoms with Crippen LogP contribution in [0.25, 0.3) is 0 Å². The van der Waals surface area contributed by atoms with E-state index in [1.54, 1.807) is 12.4 Å². The molecule has 0 saturated carbocycles. The second kappa shape index (κ2) is 9.65. The SMILES string of the molecule is CC(C)c1ccccc1Nc1ncc(C(=O)NCCCc2ccccc2)cn1. The normalized spacial score (nSPS) is 10.7. The molecule has 1 heterocycles. The lowest BCUT2D eigenvalue weighted by atomic mass is 10.0. The van der Waals surface area contributed by atoms with Gasteiger partial charge >= 0.3 is 0 Å². The van der Waals surface area contributed by atoms with Gasteiger partial charge in [-0.1, -0.05) is 62.4 Å². The van der Waals surface area contributed by atoms with Crippen LogP contribution in [0.3, 0.4) is 0 Å². The molecule has 0 unspecified atom stereocenters. The maximum absolute atomic E-state index is 12.3. The van der Waals surface area contributed by atoms with Crippen molar-refractivity contribution in [3.8, 4) is 0 Å². The van der Waals surface area contributed by atoms with Crippen LogP contribution < -0.4 is 10.6 Å². The molecular formula is C23H26N4O. The Balaban J connectivity index is 1.52. The van der Waals surface area contributed by atoms with E-state index in [1.165, 1.54) is 11.1 Å². The van der Waals surface area contributed by atoms with E-state index in [2.05, 4.69) is 52.6 Å². The first-order valence-electron chi connectivity index (χ1n) is 9.63. The third-order valence-electron chi connectivity index (χ3n) is 4.51. The molecule has 0 fully saturated rings. The number of rotatable bonds is 8. The first kappa shape index (κ1) is 19.5. The largest absolute Gasteiger partial charge is 0.352 e. The van der Waals surface area contributed by atoms with E-state index in [9.17, 15) is 4.79 Å². The Morgan fingerprint density at radius 3 is 2.36 bits per heavy atom. The first-order chi connectivity index (χ1) is 13.6. The summed E-state index contributed by atoms with van der Waals surface area (Å²) in [6.07, 6.45) is 4.94. The summed E-state index contributed by atoms with van der Waals surface area (Å²) in [7, 11) is 0. The third-order valence-corrected chi connectivity index (χ3v) is 4.51. The standard InChI is InChI=1S/C23H26N4O/c1-17(2)20-12-6-7-13-21(20)27-23-25-15-19(16-26-23)22(28)24-14-8-11-18-9-4-3-5-10-18/h3-7,9-10,12-13,15-17H,8,11,14H2,1-2H3,(H,24,28)(H,25,26,27). The van der Waals surface area contributed by atoms with Gasteiger partial charge in [-0.05, 0) is 36.0 Å². The zero-order valence-corrected chi connectivity index (χ0v) is 16.4. The number of para-hydroxylation sites is 1. The van der Waals surface area contributed by atoms with Gasteiger partial charge in [0.1, 0.15) is 0 Å². The molecule has 5 nitrogen and oxygen atoms in total. The maximum atomic E-state index is 12.3. The molecule has 28 heavy (non-hydrogen) atoms. The molecule has 0 atom stereocenters. The van der Waals surface area contributed by atoms with E-state index in [1.807, 2.05) is 36.4 Å². The van der Waals surface area contributed by atoms with Gasteiger partial charge < -0.3 is 10.6 Å². The summed E-state index contributed by atoms with van der Waals surface area (Å²) in [5, 5.41) is 6.16. The monoisotopic (exact) mass is 374 g/mol. The van der Waals surface area contributed by atoms with Crippen LogP contribution in [0.5, 0.6) is 0 Å². The highest BCUT2D eigenvalue weighted by Gasteiger charge is 2.09. The lowest BCUT2D eigenvalue weighted by Gasteiger charge is -2.13. The van der Waals surface area contributed by atoms with Crippen molar-refractivity contribution in [1.29, 1.82) is 0 Å². The fourth-order valence-corrected chi connectivity index (χ4v) is 2.99. The number of hydrogen-bond acceptors (Lipinski definition) is 4. The van der Waals surface area contributed by atoms with E-state index < -0.39 is 0 Å². The number of amides is 1. The van der Waals surface area contributed by atoms with Crippen LogP contribution in [0.15, 0.2) is 67.0 Å².